The average Bonchev–Trinajstić information content (AvgIpc) is 2.90. The summed E-state index contributed by atoms with van der Waals surface area (Å²) in [6, 6.07) is 0.457. The highest BCUT2D eigenvalue weighted by molar-refractivity contribution is 7.99. The van der Waals surface area contributed by atoms with Crippen molar-refractivity contribution in [3.63, 3.8) is 0 Å². The maximum atomic E-state index is 12.0. The second-order valence-electron chi connectivity index (χ2n) is 5.02. The van der Waals surface area contributed by atoms with Crippen molar-refractivity contribution in [1.29, 1.82) is 0 Å². The third kappa shape index (κ3) is 2.93. The SMILES string of the molecule is CCSC1CCCC1NC(=O)C1CCCC1. The lowest BCUT2D eigenvalue weighted by Gasteiger charge is -2.22. The van der Waals surface area contributed by atoms with Crippen LogP contribution in [0, 0.1) is 5.92 Å². The van der Waals surface area contributed by atoms with E-state index in [1.165, 1.54) is 37.9 Å². The van der Waals surface area contributed by atoms with Gasteiger partial charge in [-0.2, -0.15) is 11.8 Å². The fourth-order valence-corrected chi connectivity index (χ4v) is 4.19. The van der Waals surface area contributed by atoms with E-state index >= 15 is 0 Å². The van der Waals surface area contributed by atoms with Gasteiger partial charge < -0.3 is 5.32 Å². The zero-order valence-electron chi connectivity index (χ0n) is 10.2. The maximum absolute atomic E-state index is 12.0. The predicted octanol–water partition coefficient (Wildman–Crippen LogP) is 2.97. The minimum absolute atomic E-state index is 0.327. The lowest BCUT2D eigenvalue weighted by Crippen LogP contribution is -2.41. The molecule has 16 heavy (non-hydrogen) atoms. The van der Waals surface area contributed by atoms with E-state index in [4.69, 9.17) is 0 Å². The molecule has 2 saturated carbocycles. The molecule has 2 rings (SSSR count). The van der Waals surface area contributed by atoms with Gasteiger partial charge in [-0.3, -0.25) is 4.79 Å². The molecule has 0 saturated heterocycles. The van der Waals surface area contributed by atoms with Gasteiger partial charge in [0.2, 0.25) is 5.91 Å². The van der Waals surface area contributed by atoms with Gasteiger partial charge in [0, 0.05) is 17.2 Å². The fraction of sp³-hybridized carbons (Fsp3) is 0.923. The maximum Gasteiger partial charge on any atom is 0.223 e. The first-order chi connectivity index (χ1) is 7.81. The summed E-state index contributed by atoms with van der Waals surface area (Å²) in [6.45, 7) is 2.21. The van der Waals surface area contributed by atoms with E-state index in [1.807, 2.05) is 11.8 Å². The van der Waals surface area contributed by atoms with Crippen molar-refractivity contribution in [2.45, 2.75) is 63.2 Å². The predicted molar refractivity (Wildman–Crippen MR) is 69.7 cm³/mol. The number of amides is 1. The second kappa shape index (κ2) is 5.95. The van der Waals surface area contributed by atoms with Crippen LogP contribution in [0.3, 0.4) is 0 Å². The molecule has 3 heteroatoms. The van der Waals surface area contributed by atoms with E-state index in [0.717, 1.165) is 12.8 Å². The van der Waals surface area contributed by atoms with E-state index in [9.17, 15) is 4.79 Å². The number of hydrogen-bond acceptors (Lipinski definition) is 2. The van der Waals surface area contributed by atoms with Crippen molar-refractivity contribution in [2.75, 3.05) is 5.75 Å². The van der Waals surface area contributed by atoms with Gasteiger partial charge in [-0.1, -0.05) is 26.2 Å². The molecule has 0 bridgehead atoms. The molecular weight excluding hydrogens is 218 g/mol. The summed E-state index contributed by atoms with van der Waals surface area (Å²) >= 11 is 2.02. The molecule has 1 amide bonds. The first kappa shape index (κ1) is 12.3. The molecule has 0 heterocycles. The van der Waals surface area contributed by atoms with Gasteiger partial charge in [0.15, 0.2) is 0 Å². The molecule has 0 aromatic heterocycles. The quantitative estimate of drug-likeness (QED) is 0.820. The Morgan fingerprint density at radius 2 is 1.94 bits per heavy atom. The summed E-state index contributed by atoms with van der Waals surface area (Å²) in [7, 11) is 0. The first-order valence-electron chi connectivity index (χ1n) is 6.73. The van der Waals surface area contributed by atoms with Crippen LogP contribution >= 0.6 is 11.8 Å². The number of thioether (sulfide) groups is 1. The molecule has 92 valence electrons. The Morgan fingerprint density at radius 3 is 2.62 bits per heavy atom. The topological polar surface area (TPSA) is 29.1 Å². The Labute approximate surface area is 103 Å². The molecule has 2 aliphatic carbocycles. The minimum Gasteiger partial charge on any atom is -0.352 e. The van der Waals surface area contributed by atoms with E-state index in [0.29, 0.717) is 23.1 Å². The van der Waals surface area contributed by atoms with Crippen LogP contribution in [0.2, 0.25) is 0 Å². The van der Waals surface area contributed by atoms with Crippen LogP contribution < -0.4 is 5.32 Å². The number of carbonyl (C=O) groups is 1. The summed E-state index contributed by atoms with van der Waals surface area (Å²) in [6.07, 6.45) is 8.48. The number of carbonyl (C=O) groups excluding carboxylic acids is 1. The van der Waals surface area contributed by atoms with Gasteiger partial charge in [-0.15, -0.1) is 0 Å². The number of nitrogens with one attached hydrogen (secondary N) is 1. The molecule has 0 spiro atoms. The Morgan fingerprint density at radius 1 is 1.19 bits per heavy atom. The van der Waals surface area contributed by atoms with Gasteiger partial charge in [0.25, 0.3) is 0 Å². The summed E-state index contributed by atoms with van der Waals surface area (Å²) < 4.78 is 0. The number of rotatable bonds is 4. The molecule has 0 aromatic carbocycles. The highest BCUT2D eigenvalue weighted by atomic mass is 32.2. The standard InChI is InChI=1S/C13H23NOS/c1-2-16-12-9-5-8-11(12)14-13(15)10-6-3-4-7-10/h10-12H,2-9H2,1H3,(H,14,15). The molecule has 2 fully saturated rings. The molecule has 0 aromatic rings. The largest absolute Gasteiger partial charge is 0.352 e. The van der Waals surface area contributed by atoms with Crippen LogP contribution in [0.25, 0.3) is 0 Å². The van der Waals surface area contributed by atoms with E-state index < -0.39 is 0 Å². The zero-order chi connectivity index (χ0) is 11.4. The van der Waals surface area contributed by atoms with Gasteiger partial charge in [0.1, 0.15) is 0 Å². The van der Waals surface area contributed by atoms with Crippen molar-refractivity contribution in [1.82, 2.24) is 5.32 Å². The number of hydrogen-bond donors (Lipinski definition) is 1. The third-order valence-electron chi connectivity index (χ3n) is 3.89. The smallest absolute Gasteiger partial charge is 0.223 e. The molecule has 0 radical (unpaired) electrons. The normalized spacial score (nSPS) is 30.8. The van der Waals surface area contributed by atoms with Crippen LogP contribution in [-0.4, -0.2) is 23.0 Å². The molecule has 2 aliphatic rings. The van der Waals surface area contributed by atoms with Crippen molar-refractivity contribution < 1.29 is 4.79 Å². The Hall–Kier alpha value is -0.180. The average molecular weight is 241 g/mol. The fourth-order valence-electron chi connectivity index (χ4n) is 2.99. The monoisotopic (exact) mass is 241 g/mol. The van der Waals surface area contributed by atoms with E-state index in [2.05, 4.69) is 12.2 Å². The van der Waals surface area contributed by atoms with Crippen molar-refractivity contribution in [3.8, 4) is 0 Å². The van der Waals surface area contributed by atoms with Gasteiger partial charge in [-0.05, 0) is 31.4 Å². The van der Waals surface area contributed by atoms with E-state index in [-0.39, 0.29) is 0 Å². The molecule has 1 N–H and O–H groups in total. The summed E-state index contributed by atoms with van der Waals surface area (Å²) in [4.78, 5) is 12.0. The molecule has 2 nitrogen and oxygen atoms in total. The summed E-state index contributed by atoms with van der Waals surface area (Å²) in [5.41, 5.74) is 0. The molecule has 2 atom stereocenters. The van der Waals surface area contributed by atoms with Crippen LogP contribution in [-0.2, 0) is 4.79 Å². The molecule has 0 aliphatic heterocycles. The van der Waals surface area contributed by atoms with Crippen molar-refractivity contribution in [2.24, 2.45) is 5.92 Å². The van der Waals surface area contributed by atoms with E-state index in [1.54, 1.807) is 0 Å². The van der Waals surface area contributed by atoms with Crippen molar-refractivity contribution in [3.05, 3.63) is 0 Å². The van der Waals surface area contributed by atoms with Crippen LogP contribution in [0.1, 0.15) is 51.9 Å². The second-order valence-corrected chi connectivity index (χ2v) is 6.54. The Balaban J connectivity index is 1.81. The van der Waals surface area contributed by atoms with Crippen LogP contribution in [0.4, 0.5) is 0 Å². The van der Waals surface area contributed by atoms with Gasteiger partial charge in [0.05, 0.1) is 0 Å². The third-order valence-corrected chi connectivity index (χ3v) is 5.21. The highest BCUT2D eigenvalue weighted by Crippen LogP contribution is 2.31. The summed E-state index contributed by atoms with van der Waals surface area (Å²) in [5, 5.41) is 3.97. The lowest BCUT2D eigenvalue weighted by atomic mass is 10.1. The zero-order valence-corrected chi connectivity index (χ0v) is 11.0. The highest BCUT2D eigenvalue weighted by Gasteiger charge is 2.31. The van der Waals surface area contributed by atoms with Crippen LogP contribution in [0.15, 0.2) is 0 Å². The minimum atomic E-state index is 0.327. The van der Waals surface area contributed by atoms with Crippen molar-refractivity contribution >= 4 is 17.7 Å². The lowest BCUT2D eigenvalue weighted by molar-refractivity contribution is -0.125. The Kier molecular flexibility index (Phi) is 4.56. The first-order valence-corrected chi connectivity index (χ1v) is 7.78. The van der Waals surface area contributed by atoms with Gasteiger partial charge in [-0.25, -0.2) is 0 Å². The Bertz CT molecular complexity index is 238. The molecule has 2 unspecified atom stereocenters. The van der Waals surface area contributed by atoms with Crippen LogP contribution in [0.5, 0.6) is 0 Å². The summed E-state index contributed by atoms with van der Waals surface area (Å²) in [5.74, 6) is 1.83. The molecular formula is C13H23NOS. The van der Waals surface area contributed by atoms with Gasteiger partial charge >= 0.3 is 0 Å².